The lowest BCUT2D eigenvalue weighted by Gasteiger charge is -2.34. The molecular weight excluding hydrogens is 532 g/mol. The Balaban J connectivity index is 1.30. The first-order chi connectivity index (χ1) is 21.2. The second-order valence-electron chi connectivity index (χ2n) is 11.3. The van der Waals surface area contributed by atoms with Gasteiger partial charge in [-0.15, -0.1) is 0 Å². The molecule has 1 fully saturated rings. The molecule has 6 aromatic rings. The summed E-state index contributed by atoms with van der Waals surface area (Å²) in [6, 6.07) is 44.1. The summed E-state index contributed by atoms with van der Waals surface area (Å²) in [6.45, 7) is 4.23. The number of fused-ring (bicyclic) bond motifs is 5. The van der Waals surface area contributed by atoms with E-state index < -0.39 is 5.41 Å². The van der Waals surface area contributed by atoms with Gasteiger partial charge in [-0.2, -0.15) is 0 Å². The van der Waals surface area contributed by atoms with Crippen LogP contribution >= 0.6 is 0 Å². The molecule has 0 aromatic heterocycles. The van der Waals surface area contributed by atoms with Crippen LogP contribution in [-0.2, 0) is 14.9 Å². The molecule has 8 rings (SSSR count). The van der Waals surface area contributed by atoms with Crippen LogP contribution in [0, 0.1) is 0 Å². The number of hydrogen-bond acceptors (Lipinski definition) is 4. The van der Waals surface area contributed by atoms with Gasteiger partial charge in [0.25, 0.3) is 0 Å². The van der Waals surface area contributed by atoms with E-state index in [9.17, 15) is 0 Å². The lowest BCUT2D eigenvalue weighted by molar-refractivity contribution is 0.0225. The number of hydrogen-bond donors (Lipinski definition) is 0. The van der Waals surface area contributed by atoms with E-state index in [0.717, 1.165) is 28.9 Å². The highest BCUT2D eigenvalue weighted by Crippen LogP contribution is 2.56. The average molecular weight is 565 g/mol. The largest absolute Gasteiger partial charge is 0.491 e. The standard InChI is InChI=1S/C39H32O4/c1-2-40-25-43-33-18-14-27-20-31(16-12-29(27)22-33)39(37-9-5-3-7-35(37)36-8-4-6-10-38(36)39)30-15-11-28-21-32(17-13-26(28)19-30)41-23-34-24-42-34/h3-22,34H,2,23-25H2,1H3. The average Bonchev–Trinajstić information content (AvgIpc) is 3.84. The van der Waals surface area contributed by atoms with Crippen molar-refractivity contribution in [3.63, 3.8) is 0 Å². The van der Waals surface area contributed by atoms with Gasteiger partial charge >= 0.3 is 0 Å². The summed E-state index contributed by atoms with van der Waals surface area (Å²) >= 11 is 0. The van der Waals surface area contributed by atoms with Gasteiger partial charge in [0.05, 0.1) is 12.0 Å². The van der Waals surface area contributed by atoms with Crippen molar-refractivity contribution >= 4 is 21.5 Å². The predicted octanol–water partition coefficient (Wildman–Crippen LogP) is 8.51. The lowest BCUT2D eigenvalue weighted by atomic mass is 9.67. The maximum absolute atomic E-state index is 5.99. The third-order valence-electron chi connectivity index (χ3n) is 8.79. The van der Waals surface area contributed by atoms with Crippen LogP contribution in [0.25, 0.3) is 32.7 Å². The Hall–Kier alpha value is -4.64. The molecule has 0 spiro atoms. The third kappa shape index (κ3) is 4.46. The highest BCUT2D eigenvalue weighted by molar-refractivity contribution is 5.92. The van der Waals surface area contributed by atoms with Gasteiger partial charge < -0.3 is 18.9 Å². The lowest BCUT2D eigenvalue weighted by Crippen LogP contribution is -2.28. The minimum Gasteiger partial charge on any atom is -0.491 e. The normalized spacial score (nSPS) is 16.2. The number of benzene rings is 6. The monoisotopic (exact) mass is 564 g/mol. The fraction of sp³-hybridized carbons (Fsp3) is 0.179. The minimum atomic E-state index is -0.474. The first kappa shape index (κ1) is 26.0. The highest BCUT2D eigenvalue weighted by atomic mass is 16.7. The molecule has 0 saturated carbocycles. The van der Waals surface area contributed by atoms with E-state index in [0.29, 0.717) is 13.2 Å². The zero-order valence-electron chi connectivity index (χ0n) is 24.1. The molecule has 6 aromatic carbocycles. The van der Waals surface area contributed by atoms with Crippen LogP contribution in [0.3, 0.4) is 0 Å². The third-order valence-corrected chi connectivity index (χ3v) is 8.79. The molecule has 1 heterocycles. The van der Waals surface area contributed by atoms with Crippen molar-refractivity contribution in [3.05, 3.63) is 144 Å². The van der Waals surface area contributed by atoms with Gasteiger partial charge in [0.2, 0.25) is 0 Å². The van der Waals surface area contributed by atoms with Crippen molar-refractivity contribution < 1.29 is 18.9 Å². The zero-order valence-corrected chi connectivity index (χ0v) is 24.1. The van der Waals surface area contributed by atoms with E-state index in [1.165, 1.54) is 44.2 Å². The summed E-state index contributed by atoms with van der Waals surface area (Å²) in [6.07, 6.45) is 0.233. The fourth-order valence-electron chi connectivity index (χ4n) is 6.66. The molecule has 0 N–H and O–H groups in total. The molecule has 1 aliphatic heterocycles. The second-order valence-corrected chi connectivity index (χ2v) is 11.3. The van der Waals surface area contributed by atoms with Gasteiger partial charge in [0.1, 0.15) is 24.2 Å². The molecular formula is C39H32O4. The predicted molar refractivity (Wildman–Crippen MR) is 171 cm³/mol. The number of epoxide rings is 1. The first-order valence-corrected chi connectivity index (χ1v) is 15.0. The maximum atomic E-state index is 5.99. The Bertz CT molecular complexity index is 1930. The van der Waals surface area contributed by atoms with Crippen LogP contribution in [0.1, 0.15) is 29.2 Å². The number of ether oxygens (including phenoxy) is 4. The van der Waals surface area contributed by atoms with Gasteiger partial charge in [-0.05, 0) is 98.2 Å². The first-order valence-electron chi connectivity index (χ1n) is 15.0. The molecule has 4 heteroatoms. The van der Waals surface area contributed by atoms with Crippen LogP contribution in [0.15, 0.2) is 121 Å². The van der Waals surface area contributed by atoms with E-state index >= 15 is 0 Å². The second kappa shape index (κ2) is 10.6. The van der Waals surface area contributed by atoms with Crippen LogP contribution in [0.2, 0.25) is 0 Å². The van der Waals surface area contributed by atoms with E-state index in [4.69, 9.17) is 18.9 Å². The smallest absolute Gasteiger partial charge is 0.189 e. The SMILES string of the molecule is CCOCOc1ccc2cc(C3(c4ccc5cc(OCC6CO6)ccc5c4)c4ccccc4-c4ccccc43)ccc2c1. The molecule has 0 radical (unpaired) electrons. The summed E-state index contributed by atoms with van der Waals surface area (Å²) < 4.78 is 22.5. The van der Waals surface area contributed by atoms with Crippen LogP contribution < -0.4 is 9.47 Å². The Morgan fingerprint density at radius 1 is 0.628 bits per heavy atom. The molecule has 0 amide bonds. The molecule has 2 aliphatic rings. The highest BCUT2D eigenvalue weighted by Gasteiger charge is 2.46. The van der Waals surface area contributed by atoms with Crippen LogP contribution in [0.5, 0.6) is 11.5 Å². The Kier molecular flexibility index (Phi) is 6.40. The Labute approximate surface area is 251 Å². The Morgan fingerprint density at radius 2 is 1.14 bits per heavy atom. The number of rotatable bonds is 9. The van der Waals surface area contributed by atoms with Crippen LogP contribution in [0.4, 0.5) is 0 Å². The van der Waals surface area contributed by atoms with Gasteiger partial charge in [-0.3, -0.25) is 0 Å². The topological polar surface area (TPSA) is 40.2 Å². The molecule has 1 unspecified atom stereocenters. The van der Waals surface area contributed by atoms with Crippen molar-refractivity contribution in [3.8, 4) is 22.6 Å². The van der Waals surface area contributed by atoms with Crippen molar-refractivity contribution in [1.82, 2.24) is 0 Å². The summed E-state index contributed by atoms with van der Waals surface area (Å²) in [5, 5.41) is 4.65. The zero-order chi connectivity index (χ0) is 28.8. The molecule has 212 valence electrons. The molecule has 4 nitrogen and oxygen atoms in total. The van der Waals surface area contributed by atoms with E-state index in [-0.39, 0.29) is 12.9 Å². The molecule has 0 bridgehead atoms. The van der Waals surface area contributed by atoms with E-state index in [1.54, 1.807) is 0 Å². The van der Waals surface area contributed by atoms with Crippen molar-refractivity contribution in [2.45, 2.75) is 18.4 Å². The summed E-state index contributed by atoms with van der Waals surface area (Å²) in [5.41, 5.74) is 7.18. The quantitative estimate of drug-likeness (QED) is 0.100. The van der Waals surface area contributed by atoms with E-state index in [2.05, 4.69) is 115 Å². The minimum absolute atomic E-state index is 0.233. The van der Waals surface area contributed by atoms with Crippen molar-refractivity contribution in [2.24, 2.45) is 0 Å². The summed E-state index contributed by atoms with van der Waals surface area (Å²) in [5.74, 6) is 1.68. The Morgan fingerprint density at radius 3 is 1.70 bits per heavy atom. The van der Waals surface area contributed by atoms with Crippen molar-refractivity contribution in [1.29, 1.82) is 0 Å². The van der Waals surface area contributed by atoms with Gasteiger partial charge in [-0.1, -0.05) is 84.9 Å². The molecule has 1 saturated heterocycles. The molecule has 1 aliphatic carbocycles. The van der Waals surface area contributed by atoms with E-state index in [1.807, 2.05) is 13.0 Å². The van der Waals surface area contributed by atoms with Gasteiger partial charge in [0, 0.05) is 6.61 Å². The summed E-state index contributed by atoms with van der Waals surface area (Å²) in [7, 11) is 0. The molecule has 1 atom stereocenters. The fourth-order valence-corrected chi connectivity index (χ4v) is 6.66. The van der Waals surface area contributed by atoms with Gasteiger partial charge in [0.15, 0.2) is 6.79 Å². The van der Waals surface area contributed by atoms with Crippen molar-refractivity contribution in [2.75, 3.05) is 26.6 Å². The maximum Gasteiger partial charge on any atom is 0.189 e. The van der Waals surface area contributed by atoms with Gasteiger partial charge in [-0.25, -0.2) is 0 Å². The molecule has 43 heavy (non-hydrogen) atoms. The summed E-state index contributed by atoms with van der Waals surface area (Å²) in [4.78, 5) is 0. The van der Waals surface area contributed by atoms with Crippen LogP contribution in [-0.4, -0.2) is 32.7 Å².